The second-order valence-electron chi connectivity index (χ2n) is 4.54. The highest BCUT2D eigenvalue weighted by Gasteiger charge is 2.16. The summed E-state index contributed by atoms with van der Waals surface area (Å²) in [5, 5.41) is 8.34. The van der Waals surface area contributed by atoms with Crippen molar-refractivity contribution in [2.45, 2.75) is 24.7 Å². The Bertz CT molecular complexity index is 675. The van der Waals surface area contributed by atoms with Gasteiger partial charge in [0.1, 0.15) is 13.2 Å². The number of aliphatic carboxylic acids is 1. The van der Waals surface area contributed by atoms with Crippen LogP contribution in [0.25, 0.3) is 0 Å². The lowest BCUT2D eigenvalue weighted by Gasteiger charge is -2.07. The fourth-order valence-electron chi connectivity index (χ4n) is 1.47. The summed E-state index contributed by atoms with van der Waals surface area (Å²) in [6.45, 7) is 1.10. The van der Waals surface area contributed by atoms with Crippen LogP contribution >= 0.6 is 0 Å². The van der Waals surface area contributed by atoms with Gasteiger partial charge in [-0.05, 0) is 19.1 Å². The van der Waals surface area contributed by atoms with Crippen LogP contribution in [0.5, 0.6) is 0 Å². The van der Waals surface area contributed by atoms with Crippen molar-refractivity contribution in [3.8, 4) is 0 Å². The first-order valence-corrected chi connectivity index (χ1v) is 8.01. The maximum Gasteiger partial charge on any atom is 0.372 e. The lowest BCUT2D eigenvalue weighted by molar-refractivity contribution is -0.151. The molecule has 0 bridgehead atoms. The second-order valence-corrected chi connectivity index (χ2v) is 6.15. The Morgan fingerprint density at radius 1 is 1.04 bits per heavy atom. The first kappa shape index (κ1) is 18.8. The molecule has 0 spiro atoms. The number of esters is 1. The van der Waals surface area contributed by atoms with Gasteiger partial charge < -0.3 is 9.84 Å². The molecule has 1 rings (SSSR count). The molecule has 0 heterocycles. The van der Waals surface area contributed by atoms with Gasteiger partial charge in [0.25, 0.3) is 10.1 Å². The zero-order valence-electron chi connectivity index (χ0n) is 12.4. The van der Waals surface area contributed by atoms with Crippen LogP contribution in [0.15, 0.2) is 29.2 Å². The topological polar surface area (TPSA) is 124 Å². The van der Waals surface area contributed by atoms with Crippen molar-refractivity contribution in [3.63, 3.8) is 0 Å². The second kappa shape index (κ2) is 8.39. The monoisotopic (exact) mass is 344 g/mol. The molecule has 0 fully saturated rings. The summed E-state index contributed by atoms with van der Waals surface area (Å²) in [5.41, 5.74) is 0.897. The standard InChI is InChI=1S/C14H16O8S/c1-10-2-4-11(5-3-10)23(19,20)22-9-8-21-13(16)7-6-12(15)14(17)18/h2-5H,6-9H2,1H3,(H,17,18). The number of hydrogen-bond acceptors (Lipinski definition) is 7. The van der Waals surface area contributed by atoms with Crippen LogP contribution in [0.3, 0.4) is 0 Å². The third-order valence-corrected chi connectivity index (χ3v) is 4.02. The van der Waals surface area contributed by atoms with Crippen molar-refractivity contribution in [2.75, 3.05) is 13.2 Å². The lowest BCUT2D eigenvalue weighted by Crippen LogP contribution is -2.17. The molecule has 23 heavy (non-hydrogen) atoms. The Kier molecular flexibility index (Phi) is 6.86. The van der Waals surface area contributed by atoms with E-state index in [-0.39, 0.29) is 18.1 Å². The number of carbonyl (C=O) groups is 3. The zero-order valence-corrected chi connectivity index (χ0v) is 13.2. The van der Waals surface area contributed by atoms with Crippen LogP contribution < -0.4 is 0 Å². The van der Waals surface area contributed by atoms with Crippen molar-refractivity contribution in [1.29, 1.82) is 0 Å². The number of Topliss-reactive ketones (excluding diaryl/α,β-unsaturated/α-hetero) is 1. The van der Waals surface area contributed by atoms with Crippen LogP contribution in [-0.4, -0.2) is 44.5 Å². The Labute approximate surface area is 133 Å². The number of ketones is 1. The summed E-state index contributed by atoms with van der Waals surface area (Å²) in [5.74, 6) is -3.53. The van der Waals surface area contributed by atoms with Gasteiger partial charge in [-0.3, -0.25) is 13.8 Å². The number of aryl methyl sites for hydroxylation is 1. The van der Waals surface area contributed by atoms with Crippen LogP contribution in [0, 0.1) is 6.92 Å². The lowest BCUT2D eigenvalue weighted by atomic mass is 10.2. The molecule has 8 nitrogen and oxygen atoms in total. The van der Waals surface area contributed by atoms with E-state index in [9.17, 15) is 22.8 Å². The van der Waals surface area contributed by atoms with Gasteiger partial charge in [-0.1, -0.05) is 17.7 Å². The highest BCUT2D eigenvalue weighted by atomic mass is 32.2. The Hall–Kier alpha value is -2.26. The third-order valence-electron chi connectivity index (χ3n) is 2.69. The molecule has 0 aliphatic rings. The van der Waals surface area contributed by atoms with Gasteiger partial charge in [0, 0.05) is 6.42 Å². The molecule has 0 aliphatic carbocycles. The van der Waals surface area contributed by atoms with Gasteiger partial charge in [-0.2, -0.15) is 8.42 Å². The van der Waals surface area contributed by atoms with E-state index in [0.717, 1.165) is 5.56 Å². The third kappa shape index (κ3) is 6.57. The smallest absolute Gasteiger partial charge is 0.372 e. The van der Waals surface area contributed by atoms with E-state index < -0.39 is 40.7 Å². The van der Waals surface area contributed by atoms with Gasteiger partial charge >= 0.3 is 11.9 Å². The van der Waals surface area contributed by atoms with Gasteiger partial charge in [0.2, 0.25) is 5.78 Å². The maximum atomic E-state index is 11.8. The predicted molar refractivity (Wildman–Crippen MR) is 77.2 cm³/mol. The fourth-order valence-corrected chi connectivity index (χ4v) is 2.36. The minimum absolute atomic E-state index is 0.0125. The summed E-state index contributed by atoms with van der Waals surface area (Å²) in [7, 11) is -3.94. The minimum Gasteiger partial charge on any atom is -0.476 e. The molecule has 9 heteroatoms. The first-order valence-electron chi connectivity index (χ1n) is 6.60. The first-order chi connectivity index (χ1) is 10.7. The molecule has 1 N–H and O–H groups in total. The maximum absolute atomic E-state index is 11.8. The van der Waals surface area contributed by atoms with Crippen molar-refractivity contribution < 1.29 is 36.8 Å². The van der Waals surface area contributed by atoms with Gasteiger partial charge in [-0.15, -0.1) is 0 Å². The molecule has 0 saturated heterocycles. The highest BCUT2D eigenvalue weighted by molar-refractivity contribution is 7.86. The number of benzene rings is 1. The molecule has 0 amide bonds. The SMILES string of the molecule is Cc1ccc(S(=O)(=O)OCCOC(=O)CCC(=O)C(=O)O)cc1. The fraction of sp³-hybridized carbons (Fsp3) is 0.357. The molecule has 0 unspecified atom stereocenters. The van der Waals surface area contributed by atoms with Gasteiger partial charge in [0.15, 0.2) is 0 Å². The molecule has 0 aromatic heterocycles. The molecule has 0 radical (unpaired) electrons. The minimum atomic E-state index is -3.94. The summed E-state index contributed by atoms with van der Waals surface area (Å²) in [6.07, 6.45) is -0.869. The number of hydrogen-bond donors (Lipinski definition) is 1. The molecule has 1 aromatic rings. The van der Waals surface area contributed by atoms with Crippen molar-refractivity contribution in [1.82, 2.24) is 0 Å². The van der Waals surface area contributed by atoms with Crippen molar-refractivity contribution >= 4 is 27.8 Å². The van der Waals surface area contributed by atoms with E-state index in [1.54, 1.807) is 12.1 Å². The van der Waals surface area contributed by atoms with Gasteiger partial charge in [0.05, 0.1) is 11.3 Å². The van der Waals surface area contributed by atoms with Crippen molar-refractivity contribution in [3.05, 3.63) is 29.8 Å². The van der Waals surface area contributed by atoms with Crippen LogP contribution in [0.2, 0.25) is 0 Å². The van der Waals surface area contributed by atoms with E-state index in [1.807, 2.05) is 6.92 Å². The summed E-state index contributed by atoms with van der Waals surface area (Å²) < 4.78 is 33.0. The number of carboxylic acids is 1. The quantitative estimate of drug-likeness (QED) is 0.300. The molecule has 1 aromatic carbocycles. The average Bonchev–Trinajstić information content (AvgIpc) is 2.49. The Morgan fingerprint density at radius 3 is 2.22 bits per heavy atom. The molecule has 0 atom stereocenters. The van der Waals surface area contributed by atoms with E-state index in [1.165, 1.54) is 12.1 Å². The normalized spacial score (nSPS) is 11.0. The number of carboxylic acid groups (broad SMARTS) is 1. The van der Waals surface area contributed by atoms with E-state index >= 15 is 0 Å². The van der Waals surface area contributed by atoms with Crippen LogP contribution in [0.1, 0.15) is 18.4 Å². The molecular formula is C14H16O8S. The predicted octanol–water partition coefficient (Wildman–Crippen LogP) is 0.677. The van der Waals surface area contributed by atoms with E-state index in [2.05, 4.69) is 4.74 Å². The summed E-state index contributed by atoms with van der Waals surface area (Å²) >= 11 is 0. The van der Waals surface area contributed by atoms with Crippen molar-refractivity contribution in [2.24, 2.45) is 0 Å². The van der Waals surface area contributed by atoms with Gasteiger partial charge in [-0.25, -0.2) is 4.79 Å². The summed E-state index contributed by atoms with van der Waals surface area (Å²) in [6, 6.07) is 6.04. The van der Waals surface area contributed by atoms with E-state index in [0.29, 0.717) is 0 Å². The van der Waals surface area contributed by atoms with E-state index in [4.69, 9.17) is 9.29 Å². The Morgan fingerprint density at radius 2 is 1.65 bits per heavy atom. The Balaban J connectivity index is 2.33. The number of rotatable bonds is 9. The molecule has 126 valence electrons. The number of ether oxygens (including phenoxy) is 1. The summed E-state index contributed by atoms with van der Waals surface area (Å²) in [4.78, 5) is 32.2. The molecule has 0 aliphatic heterocycles. The number of carbonyl (C=O) groups excluding carboxylic acids is 2. The zero-order chi connectivity index (χ0) is 17.5. The average molecular weight is 344 g/mol. The largest absolute Gasteiger partial charge is 0.476 e. The highest BCUT2D eigenvalue weighted by Crippen LogP contribution is 2.12. The van der Waals surface area contributed by atoms with Crippen LogP contribution in [-0.2, 0) is 33.4 Å². The molecule has 0 saturated carbocycles. The van der Waals surface area contributed by atoms with Crippen LogP contribution in [0.4, 0.5) is 0 Å². The molecular weight excluding hydrogens is 328 g/mol.